The number of ether oxygens (including phenoxy) is 6. The predicted octanol–water partition coefficient (Wildman–Crippen LogP) is 16.7. The van der Waals surface area contributed by atoms with Gasteiger partial charge in [0, 0.05) is 95.1 Å². The molecular formula is C70H88ClF6N5O6. The van der Waals surface area contributed by atoms with E-state index in [0.717, 1.165) is 156 Å². The number of halogens is 7. The van der Waals surface area contributed by atoms with Gasteiger partial charge in [-0.3, -0.25) is 4.90 Å². The Hall–Kier alpha value is -6.43. The van der Waals surface area contributed by atoms with Crippen LogP contribution >= 0.6 is 11.6 Å². The Morgan fingerprint density at radius 2 is 0.886 bits per heavy atom. The van der Waals surface area contributed by atoms with Crippen molar-refractivity contribution < 1.29 is 56.2 Å². The molecule has 6 fully saturated rings. The minimum absolute atomic E-state index is 0. The number of aromatic nitrogens is 2. The molecule has 478 valence electrons. The van der Waals surface area contributed by atoms with Crippen molar-refractivity contribution in [2.24, 2.45) is 35.5 Å². The lowest BCUT2D eigenvalue weighted by atomic mass is 9.94. The van der Waals surface area contributed by atoms with E-state index in [2.05, 4.69) is 126 Å². The molecule has 6 aliphatic rings. The number of likely N-dealkylation sites (tertiary alicyclic amines) is 1. The number of piperidine rings is 3. The van der Waals surface area contributed by atoms with Crippen LogP contribution in [-0.4, -0.2) is 92.3 Å². The molecule has 0 spiro atoms. The van der Waals surface area contributed by atoms with Crippen LogP contribution in [-0.2, 0) is 18.9 Å². The molecule has 0 radical (unpaired) electrons. The highest BCUT2D eigenvalue weighted by atomic mass is 35.5. The number of hydrogen-bond acceptors (Lipinski definition) is 11. The third-order valence-electron chi connectivity index (χ3n) is 17.4. The van der Waals surface area contributed by atoms with Crippen LogP contribution in [0.15, 0.2) is 122 Å². The van der Waals surface area contributed by atoms with Gasteiger partial charge in [-0.05, 0) is 161 Å². The second kappa shape index (κ2) is 30.9. The molecule has 3 aliphatic heterocycles. The maximum Gasteiger partial charge on any atom is 0.417 e. The number of benzene rings is 4. The summed E-state index contributed by atoms with van der Waals surface area (Å²) < 4.78 is 111. The summed E-state index contributed by atoms with van der Waals surface area (Å²) in [6.07, 6.45) is 3.87. The maximum atomic E-state index is 12.8. The zero-order valence-corrected chi connectivity index (χ0v) is 52.3. The monoisotopic (exact) mass is 1240 g/mol. The lowest BCUT2D eigenvalue weighted by molar-refractivity contribution is -0.138. The molecule has 18 heteroatoms. The van der Waals surface area contributed by atoms with Crippen molar-refractivity contribution in [1.29, 1.82) is 0 Å². The fraction of sp³-hybridized carbons (Fsp3) is 0.514. The normalized spacial score (nSPS) is 23.5. The summed E-state index contributed by atoms with van der Waals surface area (Å²) in [4.78, 5) is 12.1. The number of rotatable bonds is 18. The Bertz CT molecular complexity index is 3090. The Morgan fingerprint density at radius 3 is 1.27 bits per heavy atom. The molecule has 3 unspecified atom stereocenters. The number of hydrogen-bond donors (Lipinski definition) is 1. The smallest absolute Gasteiger partial charge is 0.417 e. The van der Waals surface area contributed by atoms with Gasteiger partial charge in [0.1, 0.15) is 29.3 Å². The van der Waals surface area contributed by atoms with E-state index in [-0.39, 0.29) is 12.7 Å². The molecule has 6 bridgehead atoms. The fourth-order valence-electron chi connectivity index (χ4n) is 13.0. The van der Waals surface area contributed by atoms with E-state index in [4.69, 9.17) is 40.0 Å². The standard InChI is InChI=1S/C24H31NO2.C23H27F3N2O2.C17H25NO2.C6H3ClF3N.H2/c1-3-13-26-23-14-18(2)9-12-22(23)27-24-20-10-11-21(24)17-25(16-20)15-19-7-5-4-6-8-19;1-3-10-29-20-11-15(2)4-8-19(20)30-22-16-5-6-17(22)14-28(13-16)21-9-7-18(12-27-21)23(24,25)26;1-3-8-19-16-9-12(2)4-7-15(16)20-17-13-5-6-14(17)11-18-10-13;7-5-2-1-4(3-11-5)6(8,9)10;/h4-9,12,14,20-21,24H,3,10-11,13,15-17H2,1-2H3;4,7-9,11-12,16-17,22H,3,5-6,10,13-14H2,1-2H3;4,7,9,13-14,17-18H,3,5-6,8,10-11H2,1-2H3;1-3H;1H/t20-,21+,24?;16-,17+,22?;13-,14+,17?;;. The molecule has 1 N–H and O–H groups in total. The van der Waals surface area contributed by atoms with Gasteiger partial charge in [0.2, 0.25) is 0 Å². The Balaban J connectivity index is 0.000000160. The summed E-state index contributed by atoms with van der Waals surface area (Å²) in [5.74, 6) is 9.00. The van der Waals surface area contributed by atoms with E-state index < -0.39 is 23.5 Å². The number of nitrogens with one attached hydrogen (secondary N) is 1. The molecule has 12 rings (SSSR count). The first-order valence-corrected chi connectivity index (χ1v) is 31.9. The van der Waals surface area contributed by atoms with Crippen molar-refractivity contribution in [3.63, 3.8) is 0 Å². The number of anilines is 1. The van der Waals surface area contributed by atoms with Crippen molar-refractivity contribution in [3.05, 3.63) is 160 Å². The molecule has 3 saturated heterocycles. The van der Waals surface area contributed by atoms with Gasteiger partial charge in [-0.2, -0.15) is 26.3 Å². The van der Waals surface area contributed by atoms with Gasteiger partial charge in [0.15, 0.2) is 34.5 Å². The highest BCUT2D eigenvalue weighted by molar-refractivity contribution is 6.29. The van der Waals surface area contributed by atoms with Crippen molar-refractivity contribution in [2.45, 2.75) is 137 Å². The molecule has 88 heavy (non-hydrogen) atoms. The minimum atomic E-state index is -4.36. The van der Waals surface area contributed by atoms with Crippen LogP contribution in [0.1, 0.15) is 113 Å². The van der Waals surface area contributed by atoms with Crippen molar-refractivity contribution in [1.82, 2.24) is 20.2 Å². The topological polar surface area (TPSA) is 99.7 Å². The molecular weight excluding hydrogens is 1160 g/mol. The number of pyridine rings is 2. The minimum Gasteiger partial charge on any atom is -0.490 e. The van der Waals surface area contributed by atoms with E-state index in [9.17, 15) is 26.3 Å². The molecule has 0 amide bonds. The van der Waals surface area contributed by atoms with Crippen molar-refractivity contribution >= 4 is 17.4 Å². The van der Waals surface area contributed by atoms with Gasteiger partial charge in [-0.25, -0.2) is 9.97 Å². The van der Waals surface area contributed by atoms with E-state index >= 15 is 0 Å². The highest BCUT2D eigenvalue weighted by Crippen LogP contribution is 2.45. The summed E-state index contributed by atoms with van der Waals surface area (Å²) in [6, 6.07) is 34.0. The van der Waals surface area contributed by atoms with Crippen LogP contribution in [0.2, 0.25) is 5.15 Å². The quantitative estimate of drug-likeness (QED) is 0.0658. The summed E-state index contributed by atoms with van der Waals surface area (Å²) in [5, 5.41) is 3.56. The maximum absolute atomic E-state index is 12.8. The second-order valence-corrected chi connectivity index (χ2v) is 24.8. The van der Waals surface area contributed by atoms with Gasteiger partial charge in [0.25, 0.3) is 0 Å². The first kappa shape index (κ1) is 66.0. The predicted molar refractivity (Wildman–Crippen MR) is 335 cm³/mol. The van der Waals surface area contributed by atoms with E-state index in [0.29, 0.717) is 66.3 Å². The number of nitrogens with zero attached hydrogens (tertiary/aromatic N) is 4. The first-order valence-electron chi connectivity index (χ1n) is 31.5. The molecule has 9 atom stereocenters. The van der Waals surface area contributed by atoms with Crippen molar-refractivity contribution in [3.8, 4) is 34.5 Å². The second-order valence-electron chi connectivity index (χ2n) is 24.4. The molecule has 3 aliphatic carbocycles. The lowest BCUT2D eigenvalue weighted by Crippen LogP contribution is -2.47. The van der Waals surface area contributed by atoms with Gasteiger partial charge >= 0.3 is 12.4 Å². The zero-order valence-electron chi connectivity index (χ0n) is 51.6. The van der Waals surface area contributed by atoms with E-state index in [1.807, 2.05) is 25.1 Å². The molecule has 5 heterocycles. The average Bonchev–Trinajstić information content (AvgIpc) is 2.12. The number of fused-ring (bicyclic) bond motifs is 6. The Kier molecular flexibility index (Phi) is 23.1. The summed E-state index contributed by atoms with van der Waals surface area (Å²) >= 11 is 5.28. The zero-order chi connectivity index (χ0) is 62.4. The summed E-state index contributed by atoms with van der Waals surface area (Å²) in [5.41, 5.74) is 3.46. The summed E-state index contributed by atoms with van der Waals surface area (Å²) in [6.45, 7) is 21.7. The highest BCUT2D eigenvalue weighted by Gasteiger charge is 2.46. The van der Waals surface area contributed by atoms with Gasteiger partial charge in [-0.1, -0.05) is 80.9 Å². The van der Waals surface area contributed by atoms with Crippen molar-refractivity contribution in [2.75, 3.05) is 64.0 Å². The van der Waals surface area contributed by atoms with Gasteiger partial charge in [-0.15, -0.1) is 0 Å². The average molecular weight is 1240 g/mol. The van der Waals surface area contributed by atoms with Crippen LogP contribution in [0.4, 0.5) is 32.2 Å². The largest absolute Gasteiger partial charge is 0.490 e. The van der Waals surface area contributed by atoms with Gasteiger partial charge in [0.05, 0.1) is 30.9 Å². The molecule has 4 aromatic carbocycles. The van der Waals surface area contributed by atoms with Crippen LogP contribution in [0.25, 0.3) is 0 Å². The van der Waals surface area contributed by atoms with Crippen LogP contribution < -0.4 is 38.6 Å². The van der Waals surface area contributed by atoms with Crippen LogP contribution in [0.3, 0.4) is 0 Å². The molecule has 11 nitrogen and oxygen atoms in total. The number of alkyl halides is 6. The van der Waals surface area contributed by atoms with Crippen LogP contribution in [0.5, 0.6) is 34.5 Å². The SMILES string of the molecule is CCCOc1cc(C)ccc1OC1[C@@H]2CC[C@H]1CN(Cc1ccccc1)C2.CCCOc1cc(C)ccc1OC1[C@@H]2CC[C@H]1CN(c1ccc(C(F)(F)F)cn1)C2.CCCOc1cc(C)ccc1OC1[C@@H]2CC[C@H]1CNC2.FC(F)(F)c1ccc(Cl)nc1.[HH]. The molecule has 2 aromatic heterocycles. The van der Waals surface area contributed by atoms with E-state index in [1.54, 1.807) is 0 Å². The van der Waals surface area contributed by atoms with E-state index in [1.165, 1.54) is 48.4 Å². The third kappa shape index (κ3) is 17.9. The first-order chi connectivity index (χ1) is 42.3. The summed E-state index contributed by atoms with van der Waals surface area (Å²) in [7, 11) is 0. The Morgan fingerprint density at radius 1 is 0.489 bits per heavy atom. The lowest BCUT2D eigenvalue weighted by Gasteiger charge is -2.38. The van der Waals surface area contributed by atoms with Crippen LogP contribution in [0, 0.1) is 56.3 Å². The number of aryl methyl sites for hydroxylation is 3. The third-order valence-corrected chi connectivity index (χ3v) is 17.6. The molecule has 3 saturated carbocycles. The molecule has 6 aromatic rings. The van der Waals surface area contributed by atoms with Gasteiger partial charge < -0.3 is 38.6 Å². The fourth-order valence-corrected chi connectivity index (χ4v) is 13.2. The Labute approximate surface area is 522 Å².